The molecule has 0 heterocycles. The number of nitrogens with zero attached hydrogens (tertiary/aromatic N) is 1. The molecule has 1 aromatic carbocycles. The summed E-state index contributed by atoms with van der Waals surface area (Å²) in [6.45, 7) is -4.96. The molecule has 7 heteroatoms. The molecule has 0 spiro atoms. The van der Waals surface area contributed by atoms with Crippen molar-refractivity contribution in [3.63, 3.8) is 0 Å². The Bertz CT molecular complexity index is 385. The number of halogens is 4. The van der Waals surface area contributed by atoms with E-state index in [1.165, 1.54) is 6.07 Å². The SMILES string of the molecule is N#Cc1ccc(C[B-](F)(F)F)cc1F.[K+]. The molecule has 15 heavy (non-hydrogen) atoms. The minimum atomic E-state index is -4.96. The molecule has 0 bridgehead atoms. The molecular formula is C8H5BF4KN. The van der Waals surface area contributed by atoms with Gasteiger partial charge in [-0.15, -0.1) is 0 Å². The fourth-order valence-corrected chi connectivity index (χ4v) is 1.04. The van der Waals surface area contributed by atoms with Crippen LogP contribution in [0.5, 0.6) is 0 Å². The molecule has 1 aromatic rings. The zero-order chi connectivity index (χ0) is 10.8. The quantitative estimate of drug-likeness (QED) is 0.512. The van der Waals surface area contributed by atoms with Gasteiger partial charge in [-0.3, -0.25) is 0 Å². The molecule has 0 saturated heterocycles. The molecule has 0 aromatic heterocycles. The summed E-state index contributed by atoms with van der Waals surface area (Å²) in [5.41, 5.74) is -0.405. The Balaban J connectivity index is 0.00000196. The predicted molar refractivity (Wildman–Crippen MR) is 43.9 cm³/mol. The minimum absolute atomic E-state index is 0. The molecule has 0 amide bonds. The Hall–Kier alpha value is 0.131. The minimum Gasteiger partial charge on any atom is -0.449 e. The maximum Gasteiger partial charge on any atom is 1.00 e. The Morgan fingerprint density at radius 3 is 2.27 bits per heavy atom. The summed E-state index contributed by atoms with van der Waals surface area (Å²) in [4.78, 5) is 0. The first-order chi connectivity index (χ1) is 6.42. The van der Waals surface area contributed by atoms with Gasteiger partial charge in [-0.1, -0.05) is 17.9 Å². The van der Waals surface area contributed by atoms with Crippen LogP contribution in [-0.2, 0) is 6.32 Å². The zero-order valence-electron chi connectivity index (χ0n) is 7.98. The van der Waals surface area contributed by atoms with Crippen LogP contribution in [0.2, 0.25) is 0 Å². The van der Waals surface area contributed by atoms with Gasteiger partial charge in [0, 0.05) is 0 Å². The zero-order valence-corrected chi connectivity index (χ0v) is 11.1. The first-order valence-electron chi connectivity index (χ1n) is 3.82. The summed E-state index contributed by atoms with van der Waals surface area (Å²) in [6.07, 6.45) is -1.12. The third-order valence-corrected chi connectivity index (χ3v) is 1.62. The molecule has 0 fully saturated rings. The number of hydrogen-bond acceptors (Lipinski definition) is 1. The monoisotopic (exact) mass is 241 g/mol. The van der Waals surface area contributed by atoms with Gasteiger partial charge in [0.05, 0.1) is 5.56 Å². The first-order valence-corrected chi connectivity index (χ1v) is 3.82. The topological polar surface area (TPSA) is 23.8 Å². The van der Waals surface area contributed by atoms with Crippen LogP contribution in [0.4, 0.5) is 17.3 Å². The summed E-state index contributed by atoms with van der Waals surface area (Å²) >= 11 is 0. The summed E-state index contributed by atoms with van der Waals surface area (Å²) in [7, 11) is 0. The standard InChI is InChI=1S/C8H5BF4N.K/c10-8-3-6(4-9(11,12)13)1-2-7(8)5-14;/h1-3H,4H2;/q-1;+1. The van der Waals surface area contributed by atoms with Crippen LogP contribution in [0, 0.1) is 17.1 Å². The van der Waals surface area contributed by atoms with Crippen LogP contribution >= 0.6 is 0 Å². The molecule has 0 aliphatic heterocycles. The van der Waals surface area contributed by atoms with Crippen molar-refractivity contribution in [3.8, 4) is 6.07 Å². The second-order valence-corrected chi connectivity index (χ2v) is 2.84. The van der Waals surface area contributed by atoms with Gasteiger partial charge in [0.2, 0.25) is 0 Å². The molecule has 0 N–H and O–H groups in total. The van der Waals surface area contributed by atoms with Crippen molar-refractivity contribution in [1.29, 1.82) is 5.26 Å². The molecule has 0 radical (unpaired) electrons. The van der Waals surface area contributed by atoms with Crippen LogP contribution in [-0.4, -0.2) is 6.98 Å². The van der Waals surface area contributed by atoms with Gasteiger partial charge in [0.25, 0.3) is 0 Å². The summed E-state index contributed by atoms with van der Waals surface area (Å²) in [6, 6.07) is 4.43. The van der Waals surface area contributed by atoms with E-state index in [0.29, 0.717) is 0 Å². The van der Waals surface area contributed by atoms with Gasteiger partial charge in [-0.05, 0) is 12.1 Å². The third kappa shape index (κ3) is 5.13. The van der Waals surface area contributed by atoms with E-state index >= 15 is 0 Å². The molecular weight excluding hydrogens is 236 g/mol. The van der Waals surface area contributed by atoms with Gasteiger partial charge >= 0.3 is 58.4 Å². The van der Waals surface area contributed by atoms with E-state index < -0.39 is 19.1 Å². The maximum absolute atomic E-state index is 12.8. The molecule has 0 unspecified atom stereocenters. The van der Waals surface area contributed by atoms with Crippen molar-refractivity contribution in [2.24, 2.45) is 0 Å². The fourth-order valence-electron chi connectivity index (χ4n) is 1.04. The Kier molecular flexibility index (Phi) is 6.07. The Morgan fingerprint density at radius 2 is 1.87 bits per heavy atom. The van der Waals surface area contributed by atoms with Crippen molar-refractivity contribution in [1.82, 2.24) is 0 Å². The van der Waals surface area contributed by atoms with Crippen molar-refractivity contribution in [2.75, 3.05) is 0 Å². The van der Waals surface area contributed by atoms with Crippen LogP contribution in [0.1, 0.15) is 11.1 Å². The second kappa shape index (κ2) is 6.01. The van der Waals surface area contributed by atoms with E-state index in [4.69, 9.17) is 5.26 Å². The fraction of sp³-hybridized carbons (Fsp3) is 0.125. The number of hydrogen-bond donors (Lipinski definition) is 0. The predicted octanol–water partition coefficient (Wildman–Crippen LogP) is -0.370. The average Bonchev–Trinajstić information content (AvgIpc) is 2.01. The molecule has 0 atom stereocenters. The summed E-state index contributed by atoms with van der Waals surface area (Å²) in [5, 5.41) is 8.33. The van der Waals surface area contributed by atoms with Gasteiger partial charge in [-0.25, -0.2) is 4.39 Å². The third-order valence-electron chi connectivity index (χ3n) is 1.62. The van der Waals surface area contributed by atoms with E-state index in [1.54, 1.807) is 0 Å². The number of rotatable bonds is 2. The van der Waals surface area contributed by atoms with E-state index in [-0.39, 0.29) is 62.5 Å². The van der Waals surface area contributed by atoms with Crippen molar-refractivity contribution < 1.29 is 68.7 Å². The van der Waals surface area contributed by atoms with E-state index in [1.807, 2.05) is 0 Å². The molecule has 1 nitrogen and oxygen atoms in total. The van der Waals surface area contributed by atoms with Gasteiger partial charge in [0.15, 0.2) is 0 Å². The van der Waals surface area contributed by atoms with E-state index in [2.05, 4.69) is 0 Å². The van der Waals surface area contributed by atoms with E-state index in [0.717, 1.165) is 18.2 Å². The molecule has 0 saturated carbocycles. The largest absolute Gasteiger partial charge is 1.00 e. The Morgan fingerprint density at radius 1 is 1.27 bits per heavy atom. The van der Waals surface area contributed by atoms with Crippen molar-refractivity contribution in [2.45, 2.75) is 6.32 Å². The smallest absolute Gasteiger partial charge is 0.449 e. The number of benzene rings is 1. The van der Waals surface area contributed by atoms with Crippen LogP contribution in [0.15, 0.2) is 18.2 Å². The van der Waals surface area contributed by atoms with E-state index in [9.17, 15) is 17.3 Å². The summed E-state index contributed by atoms with van der Waals surface area (Å²) < 4.78 is 48.6. The van der Waals surface area contributed by atoms with Crippen LogP contribution < -0.4 is 51.4 Å². The summed E-state index contributed by atoms with van der Waals surface area (Å²) in [5.74, 6) is -0.912. The molecule has 74 valence electrons. The molecule has 0 aliphatic carbocycles. The molecule has 0 aliphatic rings. The second-order valence-electron chi connectivity index (χ2n) is 2.84. The van der Waals surface area contributed by atoms with Crippen molar-refractivity contribution in [3.05, 3.63) is 35.1 Å². The Labute approximate surface area is 127 Å². The van der Waals surface area contributed by atoms with Crippen LogP contribution in [0.3, 0.4) is 0 Å². The van der Waals surface area contributed by atoms with Gasteiger partial charge in [-0.2, -0.15) is 5.26 Å². The van der Waals surface area contributed by atoms with Crippen LogP contribution in [0.25, 0.3) is 0 Å². The molecule has 1 rings (SSSR count). The normalized spacial score (nSPS) is 10.3. The average molecular weight is 241 g/mol. The first kappa shape index (κ1) is 15.1. The van der Waals surface area contributed by atoms with Gasteiger partial charge < -0.3 is 12.9 Å². The van der Waals surface area contributed by atoms with Gasteiger partial charge in [0.1, 0.15) is 11.9 Å². The number of nitriles is 1. The van der Waals surface area contributed by atoms with Crippen molar-refractivity contribution >= 4 is 6.98 Å². The maximum atomic E-state index is 12.8.